The van der Waals surface area contributed by atoms with Crippen LogP contribution in [-0.4, -0.2) is 59.2 Å². The minimum Gasteiger partial charge on any atom is -0.486 e. The van der Waals surface area contributed by atoms with Gasteiger partial charge in [0.2, 0.25) is 0 Å². The van der Waals surface area contributed by atoms with Crippen LogP contribution in [0.25, 0.3) is 22.2 Å². The molecule has 4 aromatic rings. The van der Waals surface area contributed by atoms with Crippen molar-refractivity contribution < 1.29 is 17.5 Å². The first kappa shape index (κ1) is 27.6. The Labute approximate surface area is 235 Å². The number of rotatable bonds is 7. The largest absolute Gasteiger partial charge is 0.486 e. The van der Waals surface area contributed by atoms with Gasteiger partial charge in [-0.15, -0.1) is 0 Å². The number of H-pyrrole nitrogens is 1. The van der Waals surface area contributed by atoms with Crippen LogP contribution in [0.1, 0.15) is 31.4 Å². The molecule has 5 rings (SSSR count). The van der Waals surface area contributed by atoms with Gasteiger partial charge >= 0.3 is 0 Å². The number of hydrogen-bond acceptors (Lipinski definition) is 8. The monoisotopic (exact) mass is 592 g/mol. The van der Waals surface area contributed by atoms with Crippen molar-refractivity contribution in [3.05, 3.63) is 64.3 Å². The van der Waals surface area contributed by atoms with Crippen LogP contribution in [0.4, 0.5) is 10.2 Å². The predicted molar refractivity (Wildman–Crippen MR) is 151 cm³/mol. The summed E-state index contributed by atoms with van der Waals surface area (Å²) in [5, 5.41) is 8.89. The van der Waals surface area contributed by atoms with Gasteiger partial charge in [-0.25, -0.2) is 17.8 Å². The normalized spacial score (nSPS) is 16.4. The molecule has 3 aromatic heterocycles. The zero-order valence-corrected chi connectivity index (χ0v) is 23.6. The second kappa shape index (κ2) is 10.5. The lowest BCUT2D eigenvalue weighted by molar-refractivity contribution is 0.227. The highest BCUT2D eigenvalue weighted by molar-refractivity contribution is 7.90. The van der Waals surface area contributed by atoms with E-state index in [1.807, 2.05) is 19.1 Å². The number of hydrogen-bond donors (Lipinski definition) is 2. The van der Waals surface area contributed by atoms with Crippen molar-refractivity contribution in [2.75, 3.05) is 30.0 Å². The van der Waals surface area contributed by atoms with E-state index in [0.29, 0.717) is 58.5 Å². The van der Waals surface area contributed by atoms with Crippen LogP contribution in [0.2, 0.25) is 10.0 Å². The van der Waals surface area contributed by atoms with Crippen LogP contribution in [0, 0.1) is 5.82 Å². The van der Waals surface area contributed by atoms with E-state index in [9.17, 15) is 8.42 Å². The molecule has 0 aliphatic carbocycles. The molecule has 1 saturated heterocycles. The average molecular weight is 594 g/mol. The van der Waals surface area contributed by atoms with Crippen LogP contribution in [-0.2, 0) is 9.84 Å². The van der Waals surface area contributed by atoms with E-state index in [1.54, 1.807) is 17.2 Å². The zero-order valence-electron chi connectivity index (χ0n) is 21.3. The van der Waals surface area contributed by atoms with E-state index in [4.69, 9.17) is 33.7 Å². The first-order valence-electron chi connectivity index (χ1n) is 12.2. The van der Waals surface area contributed by atoms with Gasteiger partial charge < -0.3 is 15.4 Å². The second-order valence-corrected chi connectivity index (χ2v) is 13.0. The van der Waals surface area contributed by atoms with Gasteiger partial charge in [-0.1, -0.05) is 23.2 Å². The molecule has 4 heterocycles. The van der Waals surface area contributed by atoms with Crippen molar-refractivity contribution in [2.45, 2.75) is 31.4 Å². The van der Waals surface area contributed by atoms with Crippen LogP contribution >= 0.6 is 23.2 Å². The fourth-order valence-electron chi connectivity index (χ4n) is 4.98. The number of pyridine rings is 2. The zero-order chi connectivity index (χ0) is 27.9. The Kier molecular flexibility index (Phi) is 7.45. The minimum atomic E-state index is -3.22. The third-order valence-corrected chi connectivity index (χ3v) is 8.55. The van der Waals surface area contributed by atoms with Gasteiger partial charge in [0.1, 0.15) is 27.4 Å². The molecule has 206 valence electrons. The summed E-state index contributed by atoms with van der Waals surface area (Å²) in [5.41, 5.74) is 7.87. The van der Waals surface area contributed by atoms with Gasteiger partial charge in [0.05, 0.1) is 21.3 Å². The number of benzene rings is 1. The maximum Gasteiger partial charge on any atom is 0.166 e. The Morgan fingerprint density at radius 3 is 2.51 bits per heavy atom. The van der Waals surface area contributed by atoms with E-state index in [0.717, 1.165) is 10.9 Å². The summed E-state index contributed by atoms with van der Waals surface area (Å²) in [6.07, 6.45) is 6.16. The van der Waals surface area contributed by atoms with Gasteiger partial charge in [0.15, 0.2) is 11.6 Å². The van der Waals surface area contributed by atoms with Gasteiger partial charge in [0.25, 0.3) is 0 Å². The summed E-state index contributed by atoms with van der Waals surface area (Å²) >= 11 is 12.6. The van der Waals surface area contributed by atoms with Crippen molar-refractivity contribution in [1.82, 2.24) is 20.2 Å². The van der Waals surface area contributed by atoms with Gasteiger partial charge in [-0.2, -0.15) is 5.10 Å². The summed E-state index contributed by atoms with van der Waals surface area (Å²) in [6.45, 7) is 2.65. The fourth-order valence-corrected chi connectivity index (χ4v) is 6.99. The van der Waals surface area contributed by atoms with E-state index in [-0.39, 0.29) is 11.6 Å². The maximum atomic E-state index is 15.3. The third kappa shape index (κ3) is 5.96. The number of fused-ring (bicyclic) bond motifs is 1. The molecule has 13 heteroatoms. The number of sulfone groups is 1. The van der Waals surface area contributed by atoms with Crippen molar-refractivity contribution in [3.8, 4) is 17.0 Å². The molecular formula is C26H27Cl2FN6O3S. The molecular weight excluding hydrogens is 566 g/mol. The molecule has 1 aliphatic rings. The molecule has 3 N–H and O–H groups in total. The quantitative estimate of drug-likeness (QED) is 0.308. The highest BCUT2D eigenvalue weighted by Crippen LogP contribution is 2.35. The summed E-state index contributed by atoms with van der Waals surface area (Å²) in [4.78, 5) is 10.2. The Hall–Kier alpha value is -2.99. The van der Waals surface area contributed by atoms with Crippen molar-refractivity contribution in [1.29, 1.82) is 0 Å². The average Bonchev–Trinajstić information content (AvgIpc) is 3.26. The van der Waals surface area contributed by atoms with E-state index >= 15 is 4.39 Å². The molecule has 0 bridgehead atoms. The van der Waals surface area contributed by atoms with Crippen molar-refractivity contribution >= 4 is 49.8 Å². The van der Waals surface area contributed by atoms with Gasteiger partial charge in [-0.05, 0) is 44.0 Å². The number of nitrogens with one attached hydrogen (secondary N) is 1. The number of nitrogens with zero attached hydrogens (tertiary/aromatic N) is 4. The number of aromatic amines is 1. The molecule has 39 heavy (non-hydrogen) atoms. The number of anilines is 1. The Morgan fingerprint density at radius 2 is 1.87 bits per heavy atom. The lowest BCUT2D eigenvalue weighted by atomic mass is 9.90. The molecule has 0 unspecified atom stereocenters. The Balaban J connectivity index is 1.36. The SMILES string of the molecule is C[C@@H](Oc1ccc2[nH]nc(-c3cnc(N4CCC(N)(CS(C)(=O)=O)CC4)c(F)c3)c2c1)c1c(Cl)cncc1Cl. The molecule has 0 spiro atoms. The smallest absolute Gasteiger partial charge is 0.166 e. The molecule has 0 amide bonds. The standard InChI is InChI=1S/C26H27Cl2FN6O3S/c1-15(23-19(27)12-31-13-20(23)28)38-17-3-4-22-18(10-17)24(34-33-22)16-9-21(29)25(32-11-16)35-7-5-26(30,6-8-35)14-39(2,36)37/h3-4,9-13,15H,5-8,14,30H2,1-2H3,(H,33,34)/t15-/m1/s1. The summed E-state index contributed by atoms with van der Waals surface area (Å²) in [6, 6.07) is 6.83. The highest BCUT2D eigenvalue weighted by Gasteiger charge is 2.35. The van der Waals surface area contributed by atoms with E-state index < -0.39 is 27.3 Å². The third-order valence-electron chi connectivity index (χ3n) is 6.85. The molecule has 9 nitrogen and oxygen atoms in total. The Morgan fingerprint density at radius 1 is 1.18 bits per heavy atom. The van der Waals surface area contributed by atoms with Gasteiger partial charge in [-0.3, -0.25) is 10.1 Å². The number of aromatic nitrogens is 4. The summed E-state index contributed by atoms with van der Waals surface area (Å²) < 4.78 is 44.8. The fraction of sp³-hybridized carbons (Fsp3) is 0.346. The summed E-state index contributed by atoms with van der Waals surface area (Å²) in [7, 11) is -3.22. The maximum absolute atomic E-state index is 15.3. The first-order valence-corrected chi connectivity index (χ1v) is 15.1. The van der Waals surface area contributed by atoms with Crippen LogP contribution in [0.3, 0.4) is 0 Å². The van der Waals surface area contributed by atoms with E-state index in [1.165, 1.54) is 24.7 Å². The number of ether oxygens (including phenoxy) is 1. The molecule has 0 radical (unpaired) electrons. The molecule has 1 aliphatic heterocycles. The molecule has 1 atom stereocenters. The number of nitrogens with two attached hydrogens (primary N) is 1. The van der Waals surface area contributed by atoms with Crippen molar-refractivity contribution in [3.63, 3.8) is 0 Å². The molecule has 1 aromatic carbocycles. The molecule has 0 saturated carbocycles. The second-order valence-electron chi connectivity index (χ2n) is 10.0. The molecule has 1 fully saturated rings. The Bertz CT molecular complexity index is 1620. The number of halogens is 3. The van der Waals surface area contributed by atoms with Crippen LogP contribution in [0.15, 0.2) is 42.9 Å². The van der Waals surface area contributed by atoms with Crippen LogP contribution < -0.4 is 15.4 Å². The minimum absolute atomic E-state index is 0.0952. The number of piperidine rings is 1. The predicted octanol–water partition coefficient (Wildman–Crippen LogP) is 4.95. The van der Waals surface area contributed by atoms with Crippen molar-refractivity contribution in [2.24, 2.45) is 5.73 Å². The summed E-state index contributed by atoms with van der Waals surface area (Å²) in [5.74, 6) is 0.157. The lowest BCUT2D eigenvalue weighted by Gasteiger charge is -2.39. The van der Waals surface area contributed by atoms with Crippen LogP contribution in [0.5, 0.6) is 5.75 Å². The highest BCUT2D eigenvalue weighted by atomic mass is 35.5. The van der Waals surface area contributed by atoms with E-state index in [2.05, 4.69) is 20.2 Å². The van der Waals surface area contributed by atoms with Gasteiger partial charge in [0, 0.05) is 60.0 Å². The first-order chi connectivity index (χ1) is 18.4. The lowest BCUT2D eigenvalue weighted by Crippen LogP contribution is -2.54. The topological polar surface area (TPSA) is 127 Å².